The summed E-state index contributed by atoms with van der Waals surface area (Å²) in [5.41, 5.74) is 2.51. The smallest absolute Gasteiger partial charge is 0.261 e. The zero-order chi connectivity index (χ0) is 15.8. The molecule has 2 aromatic carbocycles. The standard InChI is InChI=1S/C20H24OSi/c1-16-13-17-9-8-12-19(14-17)22(21-15-16,20(2,3)4)18-10-6-5-7-11-18/h5-12,14H,1,13,15H2,2-4H3. The minimum absolute atomic E-state index is 0.0601. The normalized spacial score (nSPS) is 22.0. The molecule has 1 aliphatic rings. The van der Waals surface area contributed by atoms with E-state index in [-0.39, 0.29) is 5.04 Å². The van der Waals surface area contributed by atoms with Gasteiger partial charge in [0.1, 0.15) is 0 Å². The second-order valence-electron chi connectivity index (χ2n) is 7.21. The van der Waals surface area contributed by atoms with Crippen LogP contribution >= 0.6 is 0 Å². The molecule has 0 aromatic heterocycles. The monoisotopic (exact) mass is 308 g/mol. The third kappa shape index (κ3) is 2.47. The first-order valence-corrected chi connectivity index (χ1v) is 9.80. The molecule has 2 bridgehead atoms. The zero-order valence-electron chi connectivity index (χ0n) is 13.7. The van der Waals surface area contributed by atoms with Crippen molar-refractivity contribution in [1.82, 2.24) is 0 Å². The van der Waals surface area contributed by atoms with Crippen LogP contribution in [0.2, 0.25) is 5.04 Å². The Bertz CT molecular complexity index is 684. The summed E-state index contributed by atoms with van der Waals surface area (Å²) in [6.45, 7) is 11.8. The second kappa shape index (κ2) is 5.53. The van der Waals surface area contributed by atoms with Crippen LogP contribution < -0.4 is 10.4 Å². The van der Waals surface area contributed by atoms with E-state index in [1.54, 1.807) is 0 Å². The van der Waals surface area contributed by atoms with Gasteiger partial charge >= 0.3 is 0 Å². The van der Waals surface area contributed by atoms with Gasteiger partial charge in [-0.2, -0.15) is 0 Å². The van der Waals surface area contributed by atoms with Crippen LogP contribution in [0.5, 0.6) is 0 Å². The maximum absolute atomic E-state index is 6.71. The average Bonchev–Trinajstić information content (AvgIpc) is 2.47. The molecule has 1 nitrogen and oxygen atoms in total. The highest BCUT2D eigenvalue weighted by Gasteiger charge is 2.50. The average molecular weight is 308 g/mol. The van der Waals surface area contributed by atoms with E-state index in [4.69, 9.17) is 4.43 Å². The predicted octanol–water partition coefficient (Wildman–Crippen LogP) is 3.68. The molecular weight excluding hydrogens is 284 g/mol. The van der Waals surface area contributed by atoms with E-state index >= 15 is 0 Å². The van der Waals surface area contributed by atoms with Gasteiger partial charge in [-0.05, 0) is 33.0 Å². The van der Waals surface area contributed by atoms with Crippen LogP contribution in [-0.2, 0) is 10.8 Å². The fraction of sp³-hybridized carbons (Fsp3) is 0.300. The van der Waals surface area contributed by atoms with Crippen LogP contribution in [0.3, 0.4) is 0 Å². The van der Waals surface area contributed by atoms with E-state index in [0.29, 0.717) is 6.61 Å². The summed E-state index contributed by atoms with van der Waals surface area (Å²) >= 11 is 0. The lowest BCUT2D eigenvalue weighted by Crippen LogP contribution is -2.67. The molecule has 1 heterocycles. The van der Waals surface area contributed by atoms with Crippen LogP contribution in [0.4, 0.5) is 0 Å². The van der Waals surface area contributed by atoms with Crippen LogP contribution in [0.25, 0.3) is 0 Å². The molecule has 3 rings (SSSR count). The molecule has 2 aromatic rings. The zero-order valence-corrected chi connectivity index (χ0v) is 14.7. The molecule has 22 heavy (non-hydrogen) atoms. The lowest BCUT2D eigenvalue weighted by molar-refractivity contribution is 0.326. The minimum atomic E-state index is -2.33. The van der Waals surface area contributed by atoms with Gasteiger partial charge in [0.05, 0.1) is 6.61 Å². The number of rotatable bonds is 1. The molecule has 1 aliphatic heterocycles. The van der Waals surface area contributed by atoms with Crippen LogP contribution in [0.1, 0.15) is 26.3 Å². The summed E-state index contributed by atoms with van der Waals surface area (Å²) < 4.78 is 6.71. The van der Waals surface area contributed by atoms with Crippen molar-refractivity contribution in [3.8, 4) is 0 Å². The van der Waals surface area contributed by atoms with Gasteiger partial charge in [0.15, 0.2) is 0 Å². The molecule has 1 unspecified atom stereocenters. The largest absolute Gasteiger partial charge is 0.403 e. The van der Waals surface area contributed by atoms with Gasteiger partial charge in [-0.1, -0.05) is 81.9 Å². The Kier molecular flexibility index (Phi) is 3.83. The SMILES string of the molecule is C=C1CO[Si](c2ccccc2)(C(C)(C)C)c2cccc(c2)C1. The topological polar surface area (TPSA) is 9.23 Å². The van der Waals surface area contributed by atoms with E-state index in [1.807, 2.05) is 0 Å². The van der Waals surface area contributed by atoms with Gasteiger partial charge in [0.2, 0.25) is 0 Å². The number of hydrogen-bond donors (Lipinski definition) is 0. The molecule has 0 N–H and O–H groups in total. The maximum atomic E-state index is 6.71. The van der Waals surface area contributed by atoms with Crippen LogP contribution in [0.15, 0.2) is 66.7 Å². The Labute approximate surface area is 134 Å². The Hall–Kier alpha value is -1.64. The van der Waals surface area contributed by atoms with Gasteiger partial charge < -0.3 is 4.43 Å². The Morgan fingerprint density at radius 2 is 1.64 bits per heavy atom. The first kappa shape index (κ1) is 15.3. The van der Waals surface area contributed by atoms with E-state index in [9.17, 15) is 0 Å². The molecule has 0 amide bonds. The third-order valence-electron chi connectivity index (χ3n) is 4.52. The first-order valence-electron chi connectivity index (χ1n) is 7.89. The number of benzene rings is 2. The fourth-order valence-electron chi connectivity index (χ4n) is 3.54. The van der Waals surface area contributed by atoms with Gasteiger partial charge in [0, 0.05) is 0 Å². The lowest BCUT2D eigenvalue weighted by Gasteiger charge is -2.44. The van der Waals surface area contributed by atoms with Crippen LogP contribution in [-0.4, -0.2) is 14.9 Å². The molecule has 0 aliphatic carbocycles. The summed E-state index contributed by atoms with van der Waals surface area (Å²) in [6.07, 6.45) is 0.914. The van der Waals surface area contributed by atoms with Gasteiger partial charge in [-0.15, -0.1) is 0 Å². The fourth-order valence-corrected chi connectivity index (χ4v) is 8.17. The lowest BCUT2D eigenvalue weighted by atomic mass is 10.1. The van der Waals surface area contributed by atoms with Crippen molar-refractivity contribution in [3.63, 3.8) is 0 Å². The molecule has 0 spiro atoms. The molecule has 1 atom stereocenters. The predicted molar refractivity (Wildman–Crippen MR) is 96.4 cm³/mol. The van der Waals surface area contributed by atoms with Crippen molar-refractivity contribution >= 4 is 18.7 Å². The molecular formula is C20H24OSi. The Morgan fingerprint density at radius 1 is 0.955 bits per heavy atom. The van der Waals surface area contributed by atoms with Crippen molar-refractivity contribution in [1.29, 1.82) is 0 Å². The van der Waals surface area contributed by atoms with Crippen molar-refractivity contribution in [3.05, 3.63) is 72.3 Å². The summed E-state index contributed by atoms with van der Waals surface area (Å²) in [4.78, 5) is 0. The van der Waals surface area contributed by atoms with Crippen molar-refractivity contribution < 1.29 is 4.43 Å². The molecule has 0 radical (unpaired) electrons. The molecule has 114 valence electrons. The molecule has 0 fully saturated rings. The highest BCUT2D eigenvalue weighted by molar-refractivity contribution is 6.99. The summed E-state index contributed by atoms with van der Waals surface area (Å²) in [7, 11) is -2.33. The van der Waals surface area contributed by atoms with E-state index in [0.717, 1.165) is 12.0 Å². The van der Waals surface area contributed by atoms with Gasteiger partial charge in [-0.3, -0.25) is 0 Å². The van der Waals surface area contributed by atoms with Crippen molar-refractivity contribution in [2.24, 2.45) is 0 Å². The minimum Gasteiger partial charge on any atom is -0.403 e. The van der Waals surface area contributed by atoms with E-state index in [1.165, 1.54) is 15.9 Å². The second-order valence-corrected chi connectivity index (χ2v) is 11.5. The highest BCUT2D eigenvalue weighted by Crippen LogP contribution is 2.37. The van der Waals surface area contributed by atoms with Gasteiger partial charge in [0.25, 0.3) is 8.32 Å². The van der Waals surface area contributed by atoms with Crippen molar-refractivity contribution in [2.45, 2.75) is 32.2 Å². The quantitative estimate of drug-likeness (QED) is 0.577. The molecule has 2 heteroatoms. The number of fused-ring (bicyclic) bond motifs is 2. The maximum Gasteiger partial charge on any atom is 0.261 e. The van der Waals surface area contributed by atoms with Crippen LogP contribution in [0, 0.1) is 0 Å². The first-order chi connectivity index (χ1) is 10.4. The molecule has 0 saturated heterocycles. The van der Waals surface area contributed by atoms with E-state index < -0.39 is 8.32 Å². The summed E-state index contributed by atoms with van der Waals surface area (Å²) in [5, 5.41) is 2.77. The Balaban J connectivity index is 2.30. The summed E-state index contributed by atoms with van der Waals surface area (Å²) in [5.74, 6) is 0. The number of hydrogen-bond acceptors (Lipinski definition) is 1. The molecule has 0 saturated carbocycles. The third-order valence-corrected chi connectivity index (χ3v) is 9.48. The van der Waals surface area contributed by atoms with Gasteiger partial charge in [-0.25, -0.2) is 0 Å². The Morgan fingerprint density at radius 3 is 2.32 bits per heavy atom. The van der Waals surface area contributed by atoms with Crippen molar-refractivity contribution in [2.75, 3.05) is 6.61 Å². The van der Waals surface area contributed by atoms with E-state index in [2.05, 4.69) is 81.9 Å². The summed E-state index contributed by atoms with van der Waals surface area (Å²) in [6, 6.07) is 19.7. The highest BCUT2D eigenvalue weighted by atomic mass is 28.4.